The molecule has 1 fully saturated rings. The van der Waals surface area contributed by atoms with Gasteiger partial charge in [-0.2, -0.15) is 0 Å². The van der Waals surface area contributed by atoms with Crippen LogP contribution in [0.4, 0.5) is 0 Å². The van der Waals surface area contributed by atoms with Crippen LogP contribution >= 0.6 is 7.77 Å². The maximum absolute atomic E-state index is 12.0. The Labute approximate surface area is 130 Å². The molecule has 2 heterocycles. The molecule has 2 rings (SSSR count). The number of amides is 1. The molecular formula is C11H16NO10P. The van der Waals surface area contributed by atoms with Gasteiger partial charge in [-0.05, 0) is 0 Å². The predicted octanol–water partition coefficient (Wildman–Crippen LogP) is -4.99. The Hall–Kier alpha value is -1.17. The van der Waals surface area contributed by atoms with Crippen LogP contribution in [-0.2, 0) is 14.3 Å². The zero-order valence-electron chi connectivity index (χ0n) is 11.8. The summed E-state index contributed by atoms with van der Waals surface area (Å²) in [7, 11) is -2.79. The van der Waals surface area contributed by atoms with Crippen LogP contribution in [0.3, 0.4) is 0 Å². The van der Waals surface area contributed by atoms with Crippen molar-refractivity contribution in [2.24, 2.45) is 0 Å². The highest BCUT2D eigenvalue weighted by Gasteiger charge is 2.82. The molecule has 0 saturated carbocycles. The summed E-state index contributed by atoms with van der Waals surface area (Å²) in [6, 6.07) is -1.59. The lowest BCUT2D eigenvalue weighted by Gasteiger charge is -2.40. The van der Waals surface area contributed by atoms with Crippen LogP contribution in [0.2, 0.25) is 0 Å². The van der Waals surface area contributed by atoms with Crippen molar-refractivity contribution < 1.29 is 49.9 Å². The number of aliphatic hydroxyl groups excluding tert-OH is 3. The molecule has 0 aromatic heterocycles. The number of aliphatic carboxylic acids is 1. The van der Waals surface area contributed by atoms with Gasteiger partial charge in [0.1, 0.15) is 32.1 Å². The molecule has 0 spiro atoms. The van der Waals surface area contributed by atoms with Crippen LogP contribution in [0.5, 0.6) is 0 Å². The van der Waals surface area contributed by atoms with E-state index in [2.05, 4.69) is 5.32 Å². The highest BCUT2D eigenvalue weighted by atomic mass is 31.1. The maximum atomic E-state index is 12.0. The van der Waals surface area contributed by atoms with Crippen LogP contribution in [-0.4, -0.2) is 89.9 Å². The number of carboxylic acids is 1. The number of hydrogen-bond acceptors (Lipinski definition) is 9. The summed E-state index contributed by atoms with van der Waals surface area (Å²) in [5.41, 5.74) is 0. The molecule has 0 aromatic carbocycles. The molecule has 1 amide bonds. The first kappa shape index (κ1) is 18.2. The minimum atomic E-state index is -3.15. The number of hydrogen-bond donors (Lipinski definition) is 7. The number of fused-ring (bicyclic) bond motifs is 1. The van der Waals surface area contributed by atoms with Gasteiger partial charge in [0, 0.05) is 6.92 Å². The number of rotatable bonds is 5. The molecule has 130 valence electrons. The van der Waals surface area contributed by atoms with E-state index in [-0.39, 0.29) is 0 Å². The molecule has 1 saturated heterocycles. The van der Waals surface area contributed by atoms with Gasteiger partial charge in [-0.15, -0.1) is 0 Å². The Morgan fingerprint density at radius 2 is 2.00 bits per heavy atom. The third-order valence-electron chi connectivity index (χ3n) is 3.77. The summed E-state index contributed by atoms with van der Waals surface area (Å²) >= 11 is 0. The Bertz CT molecular complexity index is 581. The molecule has 7 atom stereocenters. The van der Waals surface area contributed by atoms with E-state index in [4.69, 9.17) is 14.9 Å². The molecule has 23 heavy (non-hydrogen) atoms. The fraction of sp³-hybridized carbons (Fsp3) is 0.727. The van der Waals surface area contributed by atoms with Crippen molar-refractivity contribution in [2.45, 2.75) is 42.4 Å². The third-order valence-corrected chi connectivity index (χ3v) is 5.72. The summed E-state index contributed by atoms with van der Waals surface area (Å²) in [5, 5.41) is 56.9. The van der Waals surface area contributed by atoms with Crippen molar-refractivity contribution >= 4 is 24.9 Å². The predicted molar refractivity (Wildman–Crippen MR) is 71.0 cm³/mol. The van der Waals surface area contributed by atoms with E-state index in [9.17, 15) is 34.9 Å². The Morgan fingerprint density at radius 1 is 1.43 bits per heavy atom. The van der Waals surface area contributed by atoms with E-state index < -0.39 is 67.0 Å². The van der Waals surface area contributed by atoms with Crippen LogP contribution < -0.4 is 10.2 Å². The van der Waals surface area contributed by atoms with Gasteiger partial charge >= 0.3 is 17.1 Å². The quantitative estimate of drug-likeness (QED) is 0.235. The Kier molecular flexibility index (Phi) is 4.52. The average molecular weight is 353 g/mol. The van der Waals surface area contributed by atoms with E-state index in [0.717, 1.165) is 6.92 Å². The summed E-state index contributed by atoms with van der Waals surface area (Å²) in [6.45, 7) is 0.100. The summed E-state index contributed by atoms with van der Waals surface area (Å²) in [6.07, 6.45) is -5.66. The summed E-state index contributed by atoms with van der Waals surface area (Å²) in [5.74, 6) is -5.86. The molecule has 0 bridgehead atoms. The lowest BCUT2D eigenvalue weighted by atomic mass is 9.88. The number of carbonyl (C=O) groups is 2. The van der Waals surface area contributed by atoms with Crippen molar-refractivity contribution in [3.8, 4) is 0 Å². The molecule has 0 aromatic rings. The lowest BCUT2D eigenvalue weighted by Crippen LogP contribution is -2.70. The zero-order valence-corrected chi connectivity index (χ0v) is 12.7. The van der Waals surface area contributed by atoms with Crippen molar-refractivity contribution in [1.82, 2.24) is 5.32 Å². The number of carboxylic acid groups (broad SMARTS) is 1. The van der Waals surface area contributed by atoms with Gasteiger partial charge in [0.05, 0.1) is 6.61 Å². The lowest BCUT2D eigenvalue weighted by molar-refractivity contribution is -0.248. The number of ether oxygens (including phenoxy) is 1. The first-order chi connectivity index (χ1) is 10.5. The highest BCUT2D eigenvalue weighted by molar-refractivity contribution is 7.66. The number of aliphatic hydroxyl groups is 5. The van der Waals surface area contributed by atoms with Crippen molar-refractivity contribution in [2.75, 3.05) is 6.61 Å². The second-order valence-corrected chi connectivity index (χ2v) is 7.04. The van der Waals surface area contributed by atoms with E-state index >= 15 is 0 Å². The van der Waals surface area contributed by atoms with Gasteiger partial charge in [-0.25, -0.2) is 4.79 Å². The Morgan fingerprint density at radius 3 is 2.43 bits per heavy atom. The molecule has 2 aliphatic heterocycles. The molecule has 7 N–H and O–H groups in total. The van der Waals surface area contributed by atoms with Gasteiger partial charge in [0.2, 0.25) is 11.2 Å². The molecule has 2 aliphatic rings. The average Bonchev–Trinajstić information content (AvgIpc) is 3.04. The van der Waals surface area contributed by atoms with E-state index in [1.54, 1.807) is 0 Å². The van der Waals surface area contributed by atoms with Crippen LogP contribution in [0.1, 0.15) is 6.92 Å². The van der Waals surface area contributed by atoms with Gasteiger partial charge in [-0.1, -0.05) is 0 Å². The van der Waals surface area contributed by atoms with Crippen LogP contribution in [0.25, 0.3) is 0 Å². The standard InChI is InChI=1S/C11H16NO10P/c1-3(14)12-7-6(5(16)4(15)2-13)22-10(19,9(17)18)8-11(7,20)23(8)21/h4-7,13,15-16,19-20H,2H2,1H3,(H,12,14)(H,17,18)/t4-,5?,6+,7+,10-,11+/m1/s1. The van der Waals surface area contributed by atoms with Crippen molar-refractivity contribution in [3.05, 3.63) is 0 Å². The van der Waals surface area contributed by atoms with E-state index in [0.29, 0.717) is 0 Å². The second-order valence-electron chi connectivity index (χ2n) is 5.32. The molecule has 2 unspecified atom stereocenters. The van der Waals surface area contributed by atoms with Gasteiger partial charge in [0.25, 0.3) is 0 Å². The first-order valence-electron chi connectivity index (χ1n) is 6.47. The van der Waals surface area contributed by atoms with Crippen molar-refractivity contribution in [1.29, 1.82) is 0 Å². The zero-order chi connectivity index (χ0) is 17.7. The first-order valence-corrected chi connectivity index (χ1v) is 7.73. The number of nitrogens with one attached hydrogen (secondary N) is 1. The van der Waals surface area contributed by atoms with E-state index in [1.807, 2.05) is 0 Å². The smallest absolute Gasteiger partial charge is 0.373 e. The van der Waals surface area contributed by atoms with E-state index in [1.165, 1.54) is 0 Å². The third kappa shape index (κ3) is 2.55. The minimum Gasteiger partial charge on any atom is -0.627 e. The van der Waals surface area contributed by atoms with Crippen molar-refractivity contribution in [3.63, 3.8) is 0 Å². The Balaban J connectivity index is 2.45. The number of carbonyl (C=O) groups excluding carboxylic acids is 1. The molecule has 0 radical (unpaired) electrons. The molecule has 11 nitrogen and oxygen atoms in total. The molecular weight excluding hydrogens is 337 g/mol. The molecule has 12 heteroatoms. The highest BCUT2D eigenvalue weighted by Crippen LogP contribution is 2.61. The van der Waals surface area contributed by atoms with Gasteiger partial charge in [0.15, 0.2) is 0 Å². The topological polar surface area (TPSA) is 200 Å². The minimum absolute atomic E-state index is 0.724. The van der Waals surface area contributed by atoms with Crippen LogP contribution in [0, 0.1) is 0 Å². The fourth-order valence-electron chi connectivity index (χ4n) is 2.59. The van der Waals surface area contributed by atoms with Gasteiger partial charge < -0.3 is 45.6 Å². The maximum Gasteiger partial charge on any atom is 0.373 e. The fourth-order valence-corrected chi connectivity index (χ4v) is 4.36. The largest absolute Gasteiger partial charge is 0.627 e. The second kappa shape index (κ2) is 5.72. The monoisotopic (exact) mass is 353 g/mol. The normalized spacial score (nSPS) is 40.1. The summed E-state index contributed by atoms with van der Waals surface area (Å²) in [4.78, 5) is 34.5. The van der Waals surface area contributed by atoms with Crippen LogP contribution in [0.15, 0.2) is 0 Å². The SMILES string of the molecule is CC(=O)N[C@H]1[C@H](C(O)[C@H](O)CO)O[C@@](O)(C(=O)O)C2=[P+]([O-])[C@]21O. The summed E-state index contributed by atoms with van der Waals surface area (Å²) < 4.78 is 4.86. The molecule has 0 aliphatic carbocycles. The van der Waals surface area contributed by atoms with Gasteiger partial charge in [-0.3, -0.25) is 4.79 Å².